The molecule has 33 heavy (non-hydrogen) atoms. The third-order valence-electron chi connectivity index (χ3n) is 6.26. The normalized spacial score (nSPS) is 21.1. The van der Waals surface area contributed by atoms with Crippen molar-refractivity contribution in [1.82, 2.24) is 0 Å². The summed E-state index contributed by atoms with van der Waals surface area (Å²) in [4.78, 5) is 13.5. The molecule has 0 unspecified atom stereocenters. The van der Waals surface area contributed by atoms with E-state index in [0.717, 1.165) is 33.8 Å². The van der Waals surface area contributed by atoms with Gasteiger partial charge in [-0.25, -0.2) is 0 Å². The third kappa shape index (κ3) is 3.87. The Balaban J connectivity index is 1.38. The highest BCUT2D eigenvalue weighted by Gasteiger charge is 2.29. The smallest absolute Gasteiger partial charge is 0.231 e. The molecule has 164 valence electrons. The van der Waals surface area contributed by atoms with Crippen LogP contribution in [-0.4, -0.2) is 19.4 Å². The lowest BCUT2D eigenvalue weighted by molar-refractivity contribution is -0.113. The summed E-state index contributed by atoms with van der Waals surface area (Å²) in [5.41, 5.74) is 4.68. The molecule has 0 N–H and O–H groups in total. The highest BCUT2D eigenvalue weighted by atomic mass is 16.7. The SMILES string of the molecule is O=C1/C(=C/c2ccc3c(c2)OCO3)CC(c2ccccc2)C/C1=C\c1ccc2c(c1)OCO2. The summed E-state index contributed by atoms with van der Waals surface area (Å²) in [6.07, 6.45) is 5.34. The molecular formula is C28H22O5. The molecule has 5 nitrogen and oxygen atoms in total. The number of ketones is 1. The highest BCUT2D eigenvalue weighted by Crippen LogP contribution is 2.40. The van der Waals surface area contributed by atoms with E-state index in [0.29, 0.717) is 24.3 Å². The second-order valence-electron chi connectivity index (χ2n) is 8.41. The number of hydrogen-bond acceptors (Lipinski definition) is 5. The summed E-state index contributed by atoms with van der Waals surface area (Å²) in [5, 5.41) is 0. The molecule has 6 rings (SSSR count). The average Bonchev–Trinajstić information content (AvgIpc) is 3.51. The van der Waals surface area contributed by atoms with E-state index in [1.807, 2.05) is 66.7 Å². The Bertz CT molecular complexity index is 1210. The van der Waals surface area contributed by atoms with Gasteiger partial charge in [-0.15, -0.1) is 0 Å². The fourth-order valence-corrected chi connectivity index (χ4v) is 4.61. The number of rotatable bonds is 3. The fraction of sp³-hybridized carbons (Fsp3) is 0.179. The Morgan fingerprint density at radius 1 is 0.636 bits per heavy atom. The zero-order valence-electron chi connectivity index (χ0n) is 18.0. The standard InChI is InChI=1S/C28H22O5/c29-28-22(10-18-6-8-24-26(12-18)32-16-30-24)14-21(20-4-2-1-3-5-20)15-23(28)11-19-7-9-25-27(13-19)33-17-31-25/h1-13,21H,14-17H2/b22-10+,23-11+. The predicted molar refractivity (Wildman–Crippen MR) is 125 cm³/mol. The van der Waals surface area contributed by atoms with E-state index in [-0.39, 0.29) is 25.3 Å². The molecule has 0 atom stereocenters. The Morgan fingerprint density at radius 3 is 1.70 bits per heavy atom. The van der Waals surface area contributed by atoms with E-state index in [9.17, 15) is 4.79 Å². The molecule has 1 aliphatic carbocycles. The molecule has 0 amide bonds. The van der Waals surface area contributed by atoms with Crippen LogP contribution in [0.15, 0.2) is 77.9 Å². The molecule has 3 aromatic carbocycles. The van der Waals surface area contributed by atoms with Crippen molar-refractivity contribution in [3.63, 3.8) is 0 Å². The molecular weight excluding hydrogens is 416 g/mol. The summed E-state index contributed by atoms with van der Waals surface area (Å²) >= 11 is 0. The second kappa shape index (κ2) is 8.17. The third-order valence-corrected chi connectivity index (χ3v) is 6.26. The molecule has 1 saturated carbocycles. The van der Waals surface area contributed by atoms with Gasteiger partial charge in [0.2, 0.25) is 13.6 Å². The van der Waals surface area contributed by atoms with Crippen LogP contribution in [0.5, 0.6) is 23.0 Å². The van der Waals surface area contributed by atoms with Crippen LogP contribution in [0.3, 0.4) is 0 Å². The number of carbonyl (C=O) groups is 1. The second-order valence-corrected chi connectivity index (χ2v) is 8.41. The van der Waals surface area contributed by atoms with E-state index >= 15 is 0 Å². The van der Waals surface area contributed by atoms with Crippen LogP contribution in [0, 0.1) is 0 Å². The number of fused-ring (bicyclic) bond motifs is 2. The Kier molecular flexibility index (Phi) is 4.87. The zero-order chi connectivity index (χ0) is 22.2. The maximum atomic E-state index is 13.5. The Hall–Kier alpha value is -3.99. The van der Waals surface area contributed by atoms with Crippen molar-refractivity contribution in [3.8, 4) is 23.0 Å². The van der Waals surface area contributed by atoms with Crippen molar-refractivity contribution in [2.24, 2.45) is 0 Å². The van der Waals surface area contributed by atoms with Crippen molar-refractivity contribution < 1.29 is 23.7 Å². The van der Waals surface area contributed by atoms with Crippen molar-refractivity contribution >= 4 is 17.9 Å². The fourth-order valence-electron chi connectivity index (χ4n) is 4.61. The minimum absolute atomic E-state index is 0.0810. The highest BCUT2D eigenvalue weighted by molar-refractivity contribution is 6.14. The first-order valence-corrected chi connectivity index (χ1v) is 11.0. The number of Topliss-reactive ketones (excluding diaryl/α,β-unsaturated/α-hetero) is 1. The monoisotopic (exact) mass is 438 g/mol. The van der Waals surface area contributed by atoms with Crippen molar-refractivity contribution in [1.29, 1.82) is 0 Å². The molecule has 2 aliphatic heterocycles. The number of allylic oxidation sites excluding steroid dienone is 2. The van der Waals surface area contributed by atoms with Gasteiger partial charge in [0.15, 0.2) is 28.8 Å². The van der Waals surface area contributed by atoms with Gasteiger partial charge in [0, 0.05) is 11.1 Å². The molecule has 0 saturated heterocycles. The molecule has 3 aromatic rings. The van der Waals surface area contributed by atoms with Gasteiger partial charge in [-0.1, -0.05) is 42.5 Å². The minimum Gasteiger partial charge on any atom is -0.454 e. The van der Waals surface area contributed by atoms with E-state index in [2.05, 4.69) is 12.1 Å². The Labute approximate surface area is 191 Å². The molecule has 0 aromatic heterocycles. The van der Waals surface area contributed by atoms with Gasteiger partial charge >= 0.3 is 0 Å². The Morgan fingerprint density at radius 2 is 1.15 bits per heavy atom. The van der Waals surface area contributed by atoms with Crippen molar-refractivity contribution in [3.05, 3.63) is 94.6 Å². The lowest BCUT2D eigenvalue weighted by Gasteiger charge is -2.26. The lowest BCUT2D eigenvalue weighted by atomic mass is 9.76. The van der Waals surface area contributed by atoms with Gasteiger partial charge in [0.1, 0.15) is 0 Å². The number of hydrogen-bond donors (Lipinski definition) is 0. The van der Waals surface area contributed by atoms with Crippen molar-refractivity contribution in [2.75, 3.05) is 13.6 Å². The summed E-state index contributed by atoms with van der Waals surface area (Å²) < 4.78 is 21.9. The van der Waals surface area contributed by atoms with Crippen LogP contribution >= 0.6 is 0 Å². The van der Waals surface area contributed by atoms with Gasteiger partial charge in [-0.3, -0.25) is 4.79 Å². The first kappa shape index (κ1) is 19.7. The van der Waals surface area contributed by atoms with E-state index in [1.165, 1.54) is 5.56 Å². The van der Waals surface area contributed by atoms with Gasteiger partial charge in [0.25, 0.3) is 0 Å². The van der Waals surface area contributed by atoms with Crippen molar-refractivity contribution in [2.45, 2.75) is 18.8 Å². The molecule has 0 spiro atoms. The van der Waals surface area contributed by atoms with Gasteiger partial charge in [0.05, 0.1) is 0 Å². The maximum absolute atomic E-state index is 13.5. The van der Waals surface area contributed by atoms with Crippen LogP contribution in [0.1, 0.15) is 35.4 Å². The number of benzene rings is 3. The van der Waals surface area contributed by atoms with Gasteiger partial charge in [-0.05, 0) is 71.9 Å². The van der Waals surface area contributed by atoms with Crippen LogP contribution in [-0.2, 0) is 4.79 Å². The van der Waals surface area contributed by atoms with E-state index < -0.39 is 0 Å². The summed E-state index contributed by atoms with van der Waals surface area (Å²) in [6, 6.07) is 21.9. The van der Waals surface area contributed by atoms with Gasteiger partial charge in [-0.2, -0.15) is 0 Å². The minimum atomic E-state index is 0.0810. The van der Waals surface area contributed by atoms with Crippen LogP contribution in [0.4, 0.5) is 0 Å². The average molecular weight is 438 g/mol. The van der Waals surface area contributed by atoms with Crippen LogP contribution in [0.2, 0.25) is 0 Å². The summed E-state index contributed by atoms with van der Waals surface area (Å²) in [7, 11) is 0. The molecule has 5 heteroatoms. The summed E-state index contributed by atoms with van der Waals surface area (Å²) in [6.45, 7) is 0.458. The molecule has 0 radical (unpaired) electrons. The van der Waals surface area contributed by atoms with Gasteiger partial charge < -0.3 is 18.9 Å². The first-order valence-electron chi connectivity index (χ1n) is 11.0. The molecule has 0 bridgehead atoms. The first-order chi connectivity index (χ1) is 16.2. The van der Waals surface area contributed by atoms with E-state index in [1.54, 1.807) is 0 Å². The largest absolute Gasteiger partial charge is 0.454 e. The molecule has 1 fully saturated rings. The topological polar surface area (TPSA) is 54.0 Å². The lowest BCUT2D eigenvalue weighted by Crippen LogP contribution is -2.19. The number of ether oxygens (including phenoxy) is 4. The van der Waals surface area contributed by atoms with Crippen LogP contribution < -0.4 is 18.9 Å². The van der Waals surface area contributed by atoms with Crippen LogP contribution in [0.25, 0.3) is 12.2 Å². The zero-order valence-corrected chi connectivity index (χ0v) is 18.0. The summed E-state index contributed by atoms with van der Waals surface area (Å²) in [5.74, 6) is 3.20. The number of carbonyl (C=O) groups excluding carboxylic acids is 1. The predicted octanol–water partition coefficient (Wildman–Crippen LogP) is 5.76. The van der Waals surface area contributed by atoms with E-state index in [4.69, 9.17) is 18.9 Å². The maximum Gasteiger partial charge on any atom is 0.231 e. The molecule has 2 heterocycles. The molecule has 3 aliphatic rings. The quantitative estimate of drug-likeness (QED) is 0.487.